The minimum Gasteiger partial charge on any atom is -0.342 e. The van der Waals surface area contributed by atoms with Gasteiger partial charge in [-0.25, -0.2) is 0 Å². The van der Waals surface area contributed by atoms with Crippen molar-refractivity contribution in [2.75, 3.05) is 19.6 Å². The Morgan fingerprint density at radius 2 is 2.25 bits per heavy atom. The van der Waals surface area contributed by atoms with E-state index in [0.717, 1.165) is 31.6 Å². The number of amides is 1. The van der Waals surface area contributed by atoms with Crippen LogP contribution >= 0.6 is 0 Å². The standard InChI is InChI=1S/C10H17N5O/c1-14-9(7-12-13-14)6-11-8-10(16)15-4-2-3-5-15/h7,11H,2-6,8H2,1H3. The molecule has 0 unspecified atom stereocenters. The molecule has 1 amide bonds. The van der Waals surface area contributed by atoms with Crippen molar-refractivity contribution in [3.8, 4) is 0 Å². The van der Waals surface area contributed by atoms with Gasteiger partial charge in [0.15, 0.2) is 0 Å². The van der Waals surface area contributed by atoms with Crippen LogP contribution in [0.4, 0.5) is 0 Å². The predicted molar refractivity (Wildman–Crippen MR) is 58.5 cm³/mol. The molecular formula is C10H17N5O. The summed E-state index contributed by atoms with van der Waals surface area (Å²) in [5, 5.41) is 10.7. The molecule has 0 atom stereocenters. The number of hydrogen-bond donors (Lipinski definition) is 1. The molecule has 88 valence electrons. The van der Waals surface area contributed by atoms with Crippen LogP contribution < -0.4 is 5.32 Å². The summed E-state index contributed by atoms with van der Waals surface area (Å²) in [5.41, 5.74) is 0.981. The third-order valence-electron chi connectivity index (χ3n) is 2.85. The highest BCUT2D eigenvalue weighted by Gasteiger charge is 2.16. The highest BCUT2D eigenvalue weighted by Crippen LogP contribution is 2.06. The Hall–Kier alpha value is -1.43. The van der Waals surface area contributed by atoms with Crippen LogP contribution in [0.3, 0.4) is 0 Å². The number of nitrogens with one attached hydrogen (secondary N) is 1. The monoisotopic (exact) mass is 223 g/mol. The lowest BCUT2D eigenvalue weighted by Gasteiger charge is -2.15. The van der Waals surface area contributed by atoms with Gasteiger partial charge in [0.1, 0.15) is 0 Å². The van der Waals surface area contributed by atoms with Gasteiger partial charge < -0.3 is 10.2 Å². The molecule has 0 spiro atoms. The van der Waals surface area contributed by atoms with Gasteiger partial charge in [-0.15, -0.1) is 5.10 Å². The van der Waals surface area contributed by atoms with E-state index in [0.29, 0.717) is 13.1 Å². The second-order valence-corrected chi connectivity index (χ2v) is 4.04. The number of carbonyl (C=O) groups is 1. The van der Waals surface area contributed by atoms with Crippen LogP contribution in [0.5, 0.6) is 0 Å². The van der Waals surface area contributed by atoms with Crippen molar-refractivity contribution >= 4 is 5.91 Å². The molecule has 6 nitrogen and oxygen atoms in total. The number of aromatic nitrogens is 3. The van der Waals surface area contributed by atoms with Gasteiger partial charge in [-0.3, -0.25) is 9.48 Å². The average molecular weight is 223 g/mol. The van der Waals surface area contributed by atoms with Gasteiger partial charge >= 0.3 is 0 Å². The Kier molecular flexibility index (Phi) is 3.51. The number of carbonyl (C=O) groups excluding carboxylic acids is 1. The van der Waals surface area contributed by atoms with E-state index in [2.05, 4.69) is 15.6 Å². The summed E-state index contributed by atoms with van der Waals surface area (Å²) < 4.78 is 1.70. The minimum atomic E-state index is 0.188. The van der Waals surface area contributed by atoms with Crippen molar-refractivity contribution in [2.24, 2.45) is 7.05 Å². The van der Waals surface area contributed by atoms with Gasteiger partial charge in [-0.05, 0) is 12.8 Å². The summed E-state index contributed by atoms with van der Waals surface area (Å²) in [4.78, 5) is 13.6. The van der Waals surface area contributed by atoms with Gasteiger partial charge in [0.25, 0.3) is 0 Å². The van der Waals surface area contributed by atoms with Crippen molar-refractivity contribution in [2.45, 2.75) is 19.4 Å². The van der Waals surface area contributed by atoms with E-state index in [9.17, 15) is 4.79 Å². The summed E-state index contributed by atoms with van der Waals surface area (Å²) in [5.74, 6) is 0.188. The summed E-state index contributed by atoms with van der Waals surface area (Å²) >= 11 is 0. The normalized spacial score (nSPS) is 15.7. The Labute approximate surface area is 94.6 Å². The van der Waals surface area contributed by atoms with Gasteiger partial charge in [-0.1, -0.05) is 5.21 Å². The SMILES string of the molecule is Cn1nncc1CNCC(=O)N1CCCC1. The minimum absolute atomic E-state index is 0.188. The molecule has 1 N–H and O–H groups in total. The van der Waals surface area contributed by atoms with Crippen LogP contribution in [0.1, 0.15) is 18.5 Å². The van der Waals surface area contributed by atoms with Crippen LogP contribution in [0.15, 0.2) is 6.20 Å². The zero-order valence-electron chi connectivity index (χ0n) is 9.52. The molecule has 0 radical (unpaired) electrons. The molecule has 1 aromatic heterocycles. The number of rotatable bonds is 4. The quantitative estimate of drug-likeness (QED) is 0.749. The molecule has 1 aliphatic rings. The second-order valence-electron chi connectivity index (χ2n) is 4.04. The molecule has 0 aliphatic carbocycles. The molecule has 16 heavy (non-hydrogen) atoms. The van der Waals surface area contributed by atoms with Crippen molar-refractivity contribution in [3.05, 3.63) is 11.9 Å². The van der Waals surface area contributed by atoms with Crippen molar-refractivity contribution < 1.29 is 4.79 Å². The fraction of sp³-hybridized carbons (Fsp3) is 0.700. The van der Waals surface area contributed by atoms with Crippen molar-refractivity contribution in [1.82, 2.24) is 25.2 Å². The molecule has 1 fully saturated rings. The Morgan fingerprint density at radius 1 is 1.50 bits per heavy atom. The van der Waals surface area contributed by atoms with E-state index < -0.39 is 0 Å². The molecule has 1 aliphatic heterocycles. The van der Waals surface area contributed by atoms with Crippen LogP contribution in [0.25, 0.3) is 0 Å². The first-order chi connectivity index (χ1) is 7.77. The maximum absolute atomic E-state index is 11.7. The fourth-order valence-electron chi connectivity index (χ4n) is 1.85. The highest BCUT2D eigenvalue weighted by molar-refractivity contribution is 5.78. The van der Waals surface area contributed by atoms with Crippen LogP contribution in [0, 0.1) is 0 Å². The number of hydrogen-bond acceptors (Lipinski definition) is 4. The van der Waals surface area contributed by atoms with Gasteiger partial charge in [-0.2, -0.15) is 0 Å². The van der Waals surface area contributed by atoms with E-state index in [1.807, 2.05) is 11.9 Å². The average Bonchev–Trinajstić information content (AvgIpc) is 2.90. The lowest BCUT2D eigenvalue weighted by Crippen LogP contribution is -2.36. The van der Waals surface area contributed by atoms with Crippen LogP contribution in [-0.4, -0.2) is 45.4 Å². The highest BCUT2D eigenvalue weighted by atomic mass is 16.2. The smallest absolute Gasteiger partial charge is 0.236 e. The third-order valence-corrected chi connectivity index (χ3v) is 2.85. The lowest BCUT2D eigenvalue weighted by atomic mass is 10.4. The van der Waals surface area contributed by atoms with Crippen molar-refractivity contribution in [3.63, 3.8) is 0 Å². The Morgan fingerprint density at radius 3 is 2.88 bits per heavy atom. The summed E-state index contributed by atoms with van der Waals surface area (Å²) in [7, 11) is 1.84. The molecule has 1 saturated heterocycles. The number of nitrogens with zero attached hydrogens (tertiary/aromatic N) is 4. The first-order valence-electron chi connectivity index (χ1n) is 5.59. The molecule has 1 aromatic rings. The van der Waals surface area contributed by atoms with E-state index in [4.69, 9.17) is 0 Å². The lowest BCUT2D eigenvalue weighted by molar-refractivity contribution is -0.129. The van der Waals surface area contributed by atoms with E-state index >= 15 is 0 Å². The first kappa shape index (κ1) is 11.1. The largest absolute Gasteiger partial charge is 0.342 e. The van der Waals surface area contributed by atoms with Gasteiger partial charge in [0.05, 0.1) is 18.4 Å². The molecule has 0 bridgehead atoms. The van der Waals surface area contributed by atoms with Gasteiger partial charge in [0.2, 0.25) is 5.91 Å². The molecule has 2 heterocycles. The Balaban J connectivity index is 1.71. The Bertz CT molecular complexity index is 356. The van der Waals surface area contributed by atoms with Gasteiger partial charge in [0, 0.05) is 26.7 Å². The maximum atomic E-state index is 11.7. The predicted octanol–water partition coefficient (Wildman–Crippen LogP) is -0.473. The molecule has 0 aromatic carbocycles. The third kappa shape index (κ3) is 2.57. The number of likely N-dealkylation sites (tertiary alicyclic amines) is 1. The first-order valence-corrected chi connectivity index (χ1v) is 5.59. The molecule has 0 saturated carbocycles. The summed E-state index contributed by atoms with van der Waals surface area (Å²) in [6.07, 6.45) is 3.97. The summed E-state index contributed by atoms with van der Waals surface area (Å²) in [6.45, 7) is 2.84. The van der Waals surface area contributed by atoms with E-state index in [1.54, 1.807) is 10.9 Å². The zero-order chi connectivity index (χ0) is 11.4. The van der Waals surface area contributed by atoms with Crippen molar-refractivity contribution in [1.29, 1.82) is 0 Å². The molecular weight excluding hydrogens is 206 g/mol. The fourth-order valence-corrected chi connectivity index (χ4v) is 1.85. The number of aryl methyl sites for hydroxylation is 1. The molecule has 6 heteroatoms. The summed E-state index contributed by atoms with van der Waals surface area (Å²) in [6, 6.07) is 0. The van der Waals surface area contributed by atoms with E-state index in [-0.39, 0.29) is 5.91 Å². The topological polar surface area (TPSA) is 63.1 Å². The van der Waals surface area contributed by atoms with Crippen LogP contribution in [0.2, 0.25) is 0 Å². The van der Waals surface area contributed by atoms with E-state index in [1.165, 1.54) is 0 Å². The molecule has 2 rings (SSSR count). The van der Waals surface area contributed by atoms with Crippen LogP contribution in [-0.2, 0) is 18.4 Å². The second kappa shape index (κ2) is 5.07. The maximum Gasteiger partial charge on any atom is 0.236 e. The zero-order valence-corrected chi connectivity index (χ0v) is 9.52.